The second-order valence-electron chi connectivity index (χ2n) is 9.04. The molecule has 0 unspecified atom stereocenters. The number of fused-ring (bicyclic) bond motifs is 1. The van der Waals surface area contributed by atoms with E-state index in [1.54, 1.807) is 0 Å². The first-order valence-corrected chi connectivity index (χ1v) is 14.4. The zero-order chi connectivity index (χ0) is 23.1. The molecule has 0 saturated heterocycles. The van der Waals surface area contributed by atoms with Crippen molar-refractivity contribution < 1.29 is 12.6 Å². The molecule has 0 spiro atoms. The van der Waals surface area contributed by atoms with Crippen molar-refractivity contribution in [2.75, 3.05) is 6.61 Å². The third-order valence-electron chi connectivity index (χ3n) is 6.25. The van der Waals surface area contributed by atoms with E-state index in [1.165, 1.54) is 57.8 Å². The summed E-state index contributed by atoms with van der Waals surface area (Å²) in [6, 6.07) is 11.8. The van der Waals surface area contributed by atoms with Gasteiger partial charge in [-0.25, -0.2) is 0 Å². The van der Waals surface area contributed by atoms with Gasteiger partial charge >= 0.3 is 29.6 Å². The van der Waals surface area contributed by atoms with E-state index in [0.717, 1.165) is 54.9 Å². The summed E-state index contributed by atoms with van der Waals surface area (Å²) in [7, 11) is -3.77. The first-order valence-electron chi connectivity index (χ1n) is 13.0. The minimum atomic E-state index is -3.77. The van der Waals surface area contributed by atoms with Crippen molar-refractivity contribution in [3.8, 4) is 0 Å². The van der Waals surface area contributed by atoms with Gasteiger partial charge in [-0.15, -0.1) is 0 Å². The molecule has 0 radical (unpaired) electrons. The number of hydrogen-bond donors (Lipinski definition) is 0. The minimum absolute atomic E-state index is 0. The van der Waals surface area contributed by atoms with Crippen LogP contribution in [-0.4, -0.2) is 44.6 Å². The van der Waals surface area contributed by atoms with E-state index in [-0.39, 0.29) is 36.2 Å². The maximum absolute atomic E-state index is 13.2. The van der Waals surface area contributed by atoms with Crippen molar-refractivity contribution >= 4 is 50.4 Å². The fourth-order valence-electron chi connectivity index (χ4n) is 4.34. The van der Waals surface area contributed by atoms with Crippen molar-refractivity contribution in [3.05, 3.63) is 42.0 Å². The molecule has 0 aliphatic rings. The van der Waals surface area contributed by atoms with Crippen molar-refractivity contribution in [3.63, 3.8) is 0 Å². The van der Waals surface area contributed by atoms with Crippen molar-refractivity contribution in [2.45, 2.75) is 115 Å². The van der Waals surface area contributed by atoms with Crippen LogP contribution in [0.1, 0.15) is 109 Å². The van der Waals surface area contributed by atoms with E-state index in [0.29, 0.717) is 4.90 Å². The van der Waals surface area contributed by atoms with Crippen molar-refractivity contribution in [1.29, 1.82) is 0 Å². The number of rotatable bonds is 18. The quantitative estimate of drug-likeness (QED) is 0.122. The van der Waals surface area contributed by atoms with E-state index in [4.69, 9.17) is 4.18 Å². The van der Waals surface area contributed by atoms with Gasteiger partial charge in [-0.3, -0.25) is 4.18 Å². The summed E-state index contributed by atoms with van der Waals surface area (Å²) in [5.74, 6) is 0. The van der Waals surface area contributed by atoms with Crippen LogP contribution in [0.25, 0.3) is 10.8 Å². The van der Waals surface area contributed by atoms with Gasteiger partial charge in [-0.05, 0) is 30.2 Å². The summed E-state index contributed by atoms with van der Waals surface area (Å²) in [5, 5.41) is 1.74. The molecule has 0 saturated carbocycles. The number of hydrogen-bond acceptors (Lipinski definition) is 3. The molecule has 3 nitrogen and oxygen atoms in total. The Labute approximate surface area is 225 Å². The SMILES string of the molecule is CCCCCCCCCOS(=O)(=O)c1c(CCCCCCCCC)ccc2ccccc12.[NaH]. The molecule has 2 rings (SSSR count). The Morgan fingerprint density at radius 2 is 1.21 bits per heavy atom. The molecular formula is C28H45NaO3S. The molecule has 0 atom stereocenters. The Kier molecular flexibility index (Phi) is 16.7. The Bertz CT molecular complexity index is 880. The Morgan fingerprint density at radius 3 is 1.85 bits per heavy atom. The van der Waals surface area contributed by atoms with E-state index >= 15 is 0 Å². The molecule has 33 heavy (non-hydrogen) atoms. The van der Waals surface area contributed by atoms with Gasteiger partial charge in [-0.1, -0.05) is 127 Å². The zero-order valence-electron chi connectivity index (χ0n) is 20.4. The van der Waals surface area contributed by atoms with Crippen LogP contribution in [-0.2, 0) is 20.7 Å². The fraction of sp³-hybridized carbons (Fsp3) is 0.643. The summed E-state index contributed by atoms with van der Waals surface area (Å²) in [6.07, 6.45) is 17.3. The van der Waals surface area contributed by atoms with E-state index < -0.39 is 10.1 Å². The van der Waals surface area contributed by atoms with Crippen LogP contribution in [0.2, 0.25) is 0 Å². The average Bonchev–Trinajstić information content (AvgIpc) is 2.79. The molecule has 5 heteroatoms. The summed E-state index contributed by atoms with van der Waals surface area (Å²) in [4.78, 5) is 0.393. The van der Waals surface area contributed by atoms with Crippen molar-refractivity contribution in [2.24, 2.45) is 0 Å². The molecule has 0 aliphatic heterocycles. The van der Waals surface area contributed by atoms with Gasteiger partial charge < -0.3 is 0 Å². The zero-order valence-corrected chi connectivity index (χ0v) is 21.2. The molecule has 2 aromatic carbocycles. The summed E-state index contributed by atoms with van der Waals surface area (Å²) in [5.41, 5.74) is 0.900. The normalized spacial score (nSPS) is 11.6. The van der Waals surface area contributed by atoms with Crippen LogP contribution in [0.5, 0.6) is 0 Å². The third-order valence-corrected chi connectivity index (χ3v) is 7.71. The van der Waals surface area contributed by atoms with Crippen molar-refractivity contribution in [1.82, 2.24) is 0 Å². The topological polar surface area (TPSA) is 43.4 Å². The van der Waals surface area contributed by atoms with Gasteiger partial charge in [0.1, 0.15) is 4.90 Å². The molecule has 0 heterocycles. The number of unbranched alkanes of at least 4 members (excludes halogenated alkanes) is 12. The van der Waals surface area contributed by atoms with Gasteiger partial charge in [0.05, 0.1) is 6.61 Å². The number of aryl methyl sites for hydroxylation is 1. The van der Waals surface area contributed by atoms with E-state index in [9.17, 15) is 8.42 Å². The average molecular weight is 485 g/mol. The summed E-state index contributed by atoms with van der Waals surface area (Å²) < 4.78 is 32.0. The van der Waals surface area contributed by atoms with Crippen LogP contribution >= 0.6 is 0 Å². The van der Waals surface area contributed by atoms with Gasteiger partial charge in [0.15, 0.2) is 0 Å². The van der Waals surface area contributed by atoms with Gasteiger partial charge in [0.25, 0.3) is 10.1 Å². The second kappa shape index (κ2) is 18.0. The van der Waals surface area contributed by atoms with Crippen LogP contribution < -0.4 is 0 Å². The molecule has 0 aliphatic carbocycles. The Balaban J connectivity index is 0.00000544. The number of benzene rings is 2. The summed E-state index contributed by atoms with van der Waals surface area (Å²) in [6.45, 7) is 4.72. The first kappa shape index (κ1) is 30.6. The molecule has 0 amide bonds. The molecule has 0 N–H and O–H groups in total. The molecule has 2 aromatic rings. The first-order chi connectivity index (χ1) is 15.6. The van der Waals surface area contributed by atoms with Crippen LogP contribution in [0.3, 0.4) is 0 Å². The Hall–Kier alpha value is -0.390. The molecule has 0 bridgehead atoms. The van der Waals surface area contributed by atoms with E-state index in [1.807, 2.05) is 36.4 Å². The monoisotopic (exact) mass is 484 g/mol. The Morgan fingerprint density at radius 1 is 0.667 bits per heavy atom. The molecule has 0 fully saturated rings. The third kappa shape index (κ3) is 11.3. The maximum atomic E-state index is 13.2. The molecule has 0 aromatic heterocycles. The predicted molar refractivity (Wildman–Crippen MR) is 144 cm³/mol. The summed E-state index contributed by atoms with van der Waals surface area (Å²) >= 11 is 0. The van der Waals surface area contributed by atoms with Crippen LogP contribution in [0.4, 0.5) is 0 Å². The standard InChI is InChI=1S/C28H44O3S.Na.H/c1-3-5-7-9-11-13-15-20-26-23-22-25-19-16-17-21-27(25)28(26)32(29,30)31-24-18-14-12-10-8-6-4-2;;/h16-17,19,21-23H,3-15,18,20,24H2,1-2H3;;. The van der Waals surface area contributed by atoms with Gasteiger partial charge in [-0.2, -0.15) is 8.42 Å². The van der Waals surface area contributed by atoms with E-state index in [2.05, 4.69) is 13.8 Å². The fourth-order valence-corrected chi connectivity index (χ4v) is 5.74. The predicted octanol–water partition coefficient (Wildman–Crippen LogP) is 7.94. The second-order valence-corrected chi connectivity index (χ2v) is 10.6. The van der Waals surface area contributed by atoms with Gasteiger partial charge in [0.2, 0.25) is 0 Å². The van der Waals surface area contributed by atoms with Crippen LogP contribution in [0.15, 0.2) is 41.3 Å². The molecular weight excluding hydrogens is 439 g/mol. The van der Waals surface area contributed by atoms with Gasteiger partial charge in [0, 0.05) is 5.39 Å². The molecule has 182 valence electrons. The van der Waals surface area contributed by atoms with Crippen LogP contribution in [0, 0.1) is 0 Å².